The Morgan fingerprint density at radius 1 is 1.20 bits per heavy atom. The predicted octanol–water partition coefficient (Wildman–Crippen LogP) is 2.98. The van der Waals surface area contributed by atoms with E-state index in [0.717, 1.165) is 31.3 Å². The first-order chi connectivity index (χ1) is 9.65. The molecule has 0 aromatic carbocycles. The Morgan fingerprint density at radius 3 is 2.45 bits per heavy atom. The van der Waals surface area contributed by atoms with E-state index in [1.165, 1.54) is 17.8 Å². The van der Waals surface area contributed by atoms with Crippen LogP contribution in [-0.4, -0.2) is 49.7 Å². The van der Waals surface area contributed by atoms with Gasteiger partial charge in [0, 0.05) is 30.2 Å². The monoisotopic (exact) mass is 298 g/mol. The molecular weight excluding hydrogens is 268 g/mol. The lowest BCUT2D eigenvalue weighted by molar-refractivity contribution is 0.301. The summed E-state index contributed by atoms with van der Waals surface area (Å²) in [5.41, 5.74) is 0. The summed E-state index contributed by atoms with van der Waals surface area (Å²) in [6.45, 7) is 14.4. The van der Waals surface area contributed by atoms with Crippen molar-refractivity contribution in [3.8, 4) is 0 Å². The summed E-state index contributed by atoms with van der Waals surface area (Å²) in [5.74, 6) is 0. The molecule has 0 saturated heterocycles. The van der Waals surface area contributed by atoms with Crippen LogP contribution in [0.3, 0.4) is 0 Å². The van der Waals surface area contributed by atoms with Crippen LogP contribution in [0.4, 0.5) is 5.13 Å². The third-order valence-electron chi connectivity index (χ3n) is 3.82. The van der Waals surface area contributed by atoms with E-state index >= 15 is 0 Å². The molecule has 0 aliphatic carbocycles. The number of hydrogen-bond donors (Lipinski definition) is 1. The minimum atomic E-state index is 0.385. The van der Waals surface area contributed by atoms with Gasteiger partial charge in [0.15, 0.2) is 5.13 Å². The summed E-state index contributed by atoms with van der Waals surface area (Å²) in [6, 6.07) is 0.385. The van der Waals surface area contributed by atoms with E-state index in [0.29, 0.717) is 6.04 Å². The van der Waals surface area contributed by atoms with Gasteiger partial charge in [-0.1, -0.05) is 13.8 Å². The van der Waals surface area contributed by atoms with Gasteiger partial charge in [0.1, 0.15) is 0 Å². The van der Waals surface area contributed by atoms with Crippen molar-refractivity contribution in [1.82, 2.24) is 15.2 Å². The first-order valence-electron chi connectivity index (χ1n) is 7.76. The van der Waals surface area contributed by atoms with Crippen LogP contribution >= 0.6 is 11.3 Å². The lowest BCUT2D eigenvalue weighted by atomic mass is 10.3. The van der Waals surface area contributed by atoms with Crippen molar-refractivity contribution >= 4 is 16.5 Å². The highest BCUT2D eigenvalue weighted by molar-refractivity contribution is 7.15. The van der Waals surface area contributed by atoms with Gasteiger partial charge in [-0.2, -0.15) is 0 Å². The SMILES string of the molecule is CCN(CC)CCCN(CC)c1ncc(C(C)NC)s1. The lowest BCUT2D eigenvalue weighted by Crippen LogP contribution is -2.29. The number of nitrogens with zero attached hydrogens (tertiary/aromatic N) is 3. The molecule has 0 bridgehead atoms. The average molecular weight is 298 g/mol. The number of anilines is 1. The van der Waals surface area contributed by atoms with Crippen LogP contribution in [0.15, 0.2) is 6.20 Å². The van der Waals surface area contributed by atoms with Crippen molar-refractivity contribution in [1.29, 1.82) is 0 Å². The molecule has 116 valence electrons. The standard InChI is InChI=1S/C15H30N4S/c1-6-18(7-2)10-9-11-19(8-3)15-17-12-14(20-15)13(4)16-5/h12-13,16H,6-11H2,1-5H3. The molecule has 0 saturated carbocycles. The largest absolute Gasteiger partial charge is 0.348 e. The number of thiazole rings is 1. The smallest absolute Gasteiger partial charge is 0.185 e. The highest BCUT2D eigenvalue weighted by Gasteiger charge is 2.12. The summed E-state index contributed by atoms with van der Waals surface area (Å²) in [5, 5.41) is 4.43. The Hall–Kier alpha value is -0.650. The molecule has 5 heteroatoms. The van der Waals surface area contributed by atoms with Crippen LogP contribution in [0.1, 0.15) is 45.0 Å². The van der Waals surface area contributed by atoms with Gasteiger partial charge in [0.05, 0.1) is 0 Å². The number of rotatable bonds is 10. The second-order valence-corrected chi connectivity index (χ2v) is 6.06. The average Bonchev–Trinajstić information content (AvgIpc) is 2.96. The molecule has 1 N–H and O–H groups in total. The predicted molar refractivity (Wildman–Crippen MR) is 89.9 cm³/mol. The van der Waals surface area contributed by atoms with Crippen molar-refractivity contribution in [2.75, 3.05) is 44.7 Å². The van der Waals surface area contributed by atoms with E-state index in [2.05, 4.69) is 47.8 Å². The molecule has 1 atom stereocenters. The Morgan fingerprint density at radius 2 is 1.90 bits per heavy atom. The summed E-state index contributed by atoms with van der Waals surface area (Å²) in [6.07, 6.45) is 3.21. The van der Waals surface area contributed by atoms with Crippen LogP contribution in [0.25, 0.3) is 0 Å². The maximum Gasteiger partial charge on any atom is 0.185 e. The summed E-state index contributed by atoms with van der Waals surface area (Å²) < 4.78 is 0. The fourth-order valence-corrected chi connectivity index (χ4v) is 3.25. The zero-order valence-electron chi connectivity index (χ0n) is 13.6. The second kappa shape index (κ2) is 9.32. The molecule has 1 aromatic heterocycles. The third kappa shape index (κ3) is 5.04. The normalized spacial score (nSPS) is 12.9. The number of hydrogen-bond acceptors (Lipinski definition) is 5. The highest BCUT2D eigenvalue weighted by atomic mass is 32.1. The van der Waals surface area contributed by atoms with E-state index in [-0.39, 0.29) is 0 Å². The summed E-state index contributed by atoms with van der Waals surface area (Å²) >= 11 is 1.81. The number of aromatic nitrogens is 1. The molecule has 4 nitrogen and oxygen atoms in total. The van der Waals surface area contributed by atoms with Crippen LogP contribution in [0.2, 0.25) is 0 Å². The van der Waals surface area contributed by atoms with Gasteiger partial charge in [0.2, 0.25) is 0 Å². The van der Waals surface area contributed by atoms with Crippen molar-refractivity contribution in [2.24, 2.45) is 0 Å². The van der Waals surface area contributed by atoms with Crippen molar-refractivity contribution in [3.63, 3.8) is 0 Å². The zero-order valence-corrected chi connectivity index (χ0v) is 14.5. The van der Waals surface area contributed by atoms with E-state index in [1.54, 1.807) is 0 Å². The topological polar surface area (TPSA) is 31.4 Å². The molecule has 0 aliphatic rings. The molecule has 20 heavy (non-hydrogen) atoms. The van der Waals surface area contributed by atoms with Crippen LogP contribution in [-0.2, 0) is 0 Å². The van der Waals surface area contributed by atoms with E-state index in [1.807, 2.05) is 24.6 Å². The fourth-order valence-electron chi connectivity index (χ4n) is 2.18. The molecule has 1 aromatic rings. The Labute approximate surface area is 128 Å². The van der Waals surface area contributed by atoms with Gasteiger partial charge < -0.3 is 15.1 Å². The van der Waals surface area contributed by atoms with Crippen molar-refractivity contribution in [3.05, 3.63) is 11.1 Å². The molecule has 0 amide bonds. The Kier molecular flexibility index (Phi) is 8.11. The van der Waals surface area contributed by atoms with Gasteiger partial charge in [-0.05, 0) is 47.0 Å². The van der Waals surface area contributed by atoms with Crippen LogP contribution in [0.5, 0.6) is 0 Å². The van der Waals surface area contributed by atoms with Gasteiger partial charge >= 0.3 is 0 Å². The third-order valence-corrected chi connectivity index (χ3v) is 5.06. The minimum Gasteiger partial charge on any atom is -0.348 e. The van der Waals surface area contributed by atoms with Gasteiger partial charge in [-0.15, -0.1) is 11.3 Å². The maximum absolute atomic E-state index is 4.59. The molecule has 1 heterocycles. The fraction of sp³-hybridized carbons (Fsp3) is 0.800. The first-order valence-corrected chi connectivity index (χ1v) is 8.58. The maximum atomic E-state index is 4.59. The lowest BCUT2D eigenvalue weighted by Gasteiger charge is -2.23. The molecule has 0 radical (unpaired) electrons. The van der Waals surface area contributed by atoms with Gasteiger partial charge in [0.25, 0.3) is 0 Å². The molecular formula is C15H30N4S. The molecule has 0 fully saturated rings. The van der Waals surface area contributed by atoms with Gasteiger partial charge in [-0.25, -0.2) is 4.98 Å². The molecule has 0 spiro atoms. The highest BCUT2D eigenvalue weighted by Crippen LogP contribution is 2.26. The first kappa shape index (κ1) is 17.4. The Bertz CT molecular complexity index is 363. The summed E-state index contributed by atoms with van der Waals surface area (Å²) in [7, 11) is 1.99. The molecule has 0 aliphatic heterocycles. The summed E-state index contributed by atoms with van der Waals surface area (Å²) in [4.78, 5) is 10.8. The minimum absolute atomic E-state index is 0.385. The van der Waals surface area contributed by atoms with E-state index < -0.39 is 0 Å². The molecule has 1 rings (SSSR count). The van der Waals surface area contributed by atoms with Gasteiger partial charge in [-0.3, -0.25) is 0 Å². The number of nitrogens with one attached hydrogen (secondary N) is 1. The van der Waals surface area contributed by atoms with Crippen molar-refractivity contribution in [2.45, 2.75) is 40.2 Å². The van der Waals surface area contributed by atoms with Crippen LogP contribution < -0.4 is 10.2 Å². The van der Waals surface area contributed by atoms with Crippen LogP contribution in [0, 0.1) is 0 Å². The van der Waals surface area contributed by atoms with E-state index in [4.69, 9.17) is 0 Å². The van der Waals surface area contributed by atoms with E-state index in [9.17, 15) is 0 Å². The zero-order chi connectivity index (χ0) is 15.0. The Balaban J connectivity index is 2.51. The van der Waals surface area contributed by atoms with Crippen molar-refractivity contribution < 1.29 is 0 Å². The quantitative estimate of drug-likeness (QED) is 0.719. The second-order valence-electron chi connectivity index (χ2n) is 5.02. The molecule has 1 unspecified atom stereocenters.